The van der Waals surface area contributed by atoms with Crippen molar-refractivity contribution in [1.29, 1.82) is 0 Å². The van der Waals surface area contributed by atoms with E-state index >= 15 is 0 Å². The normalized spacial score (nSPS) is 12.4. The Morgan fingerprint density at radius 3 is 2.53 bits per heavy atom. The Kier molecular flexibility index (Phi) is 5.25. The fourth-order valence-electron chi connectivity index (χ4n) is 1.68. The number of likely N-dealkylation sites (N-methyl/N-ethyl adjacent to an activating group) is 1. The first-order valence-corrected chi connectivity index (χ1v) is 6.50. The van der Waals surface area contributed by atoms with E-state index in [-0.39, 0.29) is 0 Å². The molecular weight excluding hydrogens is 234 g/mol. The lowest BCUT2D eigenvalue weighted by atomic mass is 10.1. The third-order valence-electron chi connectivity index (χ3n) is 2.52. The van der Waals surface area contributed by atoms with Crippen LogP contribution in [0.15, 0.2) is 41.8 Å². The van der Waals surface area contributed by atoms with Crippen LogP contribution in [0.25, 0.3) is 0 Å². The average Bonchev–Trinajstić information content (AvgIpc) is 2.30. The number of carboxylic acids is 1. The van der Waals surface area contributed by atoms with Crippen molar-refractivity contribution in [2.24, 2.45) is 0 Å². The highest BCUT2D eigenvalue weighted by atomic mass is 32.2. The summed E-state index contributed by atoms with van der Waals surface area (Å²) in [5.74, 6) is -0.841. The molecule has 0 saturated carbocycles. The number of hydrogen-bond donors (Lipinski definition) is 1. The van der Waals surface area contributed by atoms with Crippen molar-refractivity contribution in [1.82, 2.24) is 4.90 Å². The first-order chi connectivity index (χ1) is 8.10. The molecule has 1 N–H and O–H groups in total. The Morgan fingerprint density at radius 1 is 1.53 bits per heavy atom. The summed E-state index contributed by atoms with van der Waals surface area (Å²) in [7, 11) is 1.78. The summed E-state index contributed by atoms with van der Waals surface area (Å²) in [6, 6.07) is 6.99. The lowest BCUT2D eigenvalue weighted by molar-refractivity contribution is -0.142. The lowest BCUT2D eigenvalue weighted by Gasteiger charge is -2.23. The number of carboxylic acid groups (broad SMARTS) is 1. The van der Waals surface area contributed by atoms with Crippen LogP contribution in [0.4, 0.5) is 0 Å². The number of nitrogens with zero attached hydrogens (tertiary/aromatic N) is 1. The molecule has 0 heterocycles. The molecule has 1 rings (SSSR count). The molecule has 3 nitrogen and oxygen atoms in total. The van der Waals surface area contributed by atoms with E-state index in [2.05, 4.69) is 6.58 Å². The molecule has 0 aliphatic heterocycles. The van der Waals surface area contributed by atoms with Crippen molar-refractivity contribution in [3.63, 3.8) is 0 Å². The van der Waals surface area contributed by atoms with E-state index in [9.17, 15) is 9.90 Å². The molecule has 0 spiro atoms. The zero-order valence-corrected chi connectivity index (χ0v) is 10.9. The quantitative estimate of drug-likeness (QED) is 0.623. The zero-order valence-electron chi connectivity index (χ0n) is 10.1. The number of aliphatic carboxylic acids is 1. The second kappa shape index (κ2) is 6.47. The van der Waals surface area contributed by atoms with Gasteiger partial charge in [-0.2, -0.15) is 0 Å². The maximum atomic E-state index is 11.3. The average molecular weight is 251 g/mol. The first-order valence-electron chi connectivity index (χ1n) is 5.28. The second-order valence-electron chi connectivity index (χ2n) is 3.74. The summed E-state index contributed by atoms with van der Waals surface area (Å²) in [5, 5.41) is 9.27. The molecule has 92 valence electrons. The van der Waals surface area contributed by atoms with Crippen LogP contribution >= 0.6 is 11.8 Å². The van der Waals surface area contributed by atoms with Crippen molar-refractivity contribution in [3.05, 3.63) is 42.5 Å². The minimum Gasteiger partial charge on any atom is -0.480 e. The van der Waals surface area contributed by atoms with Gasteiger partial charge in [0.05, 0.1) is 0 Å². The summed E-state index contributed by atoms with van der Waals surface area (Å²) in [6.45, 7) is 4.17. The van der Waals surface area contributed by atoms with Crippen LogP contribution in [-0.4, -0.2) is 35.8 Å². The smallest absolute Gasteiger partial charge is 0.325 e. The van der Waals surface area contributed by atoms with E-state index in [4.69, 9.17) is 0 Å². The van der Waals surface area contributed by atoms with Crippen LogP contribution in [0.2, 0.25) is 0 Å². The van der Waals surface area contributed by atoms with Gasteiger partial charge in [0.2, 0.25) is 0 Å². The molecular formula is C13H17NO2S. The SMILES string of the molecule is C=CCN(C)[C@@H](C(=O)O)c1ccc(SC)cc1. The van der Waals surface area contributed by atoms with E-state index in [1.54, 1.807) is 29.8 Å². The van der Waals surface area contributed by atoms with Gasteiger partial charge in [0.25, 0.3) is 0 Å². The van der Waals surface area contributed by atoms with Gasteiger partial charge in [-0.3, -0.25) is 9.69 Å². The van der Waals surface area contributed by atoms with Gasteiger partial charge in [-0.05, 0) is 31.0 Å². The largest absolute Gasteiger partial charge is 0.480 e. The Morgan fingerprint density at radius 2 is 2.12 bits per heavy atom. The molecule has 0 radical (unpaired) electrons. The van der Waals surface area contributed by atoms with Crippen LogP contribution in [0.1, 0.15) is 11.6 Å². The number of hydrogen-bond acceptors (Lipinski definition) is 3. The highest BCUT2D eigenvalue weighted by Crippen LogP contribution is 2.23. The predicted molar refractivity (Wildman–Crippen MR) is 71.4 cm³/mol. The molecule has 0 fully saturated rings. The van der Waals surface area contributed by atoms with Crippen LogP contribution in [0.3, 0.4) is 0 Å². The molecule has 1 aromatic carbocycles. The summed E-state index contributed by atoms with van der Waals surface area (Å²) < 4.78 is 0. The van der Waals surface area contributed by atoms with Crippen molar-refractivity contribution in [3.8, 4) is 0 Å². The van der Waals surface area contributed by atoms with Gasteiger partial charge in [-0.1, -0.05) is 18.2 Å². The number of rotatable bonds is 6. The molecule has 0 aliphatic rings. The highest BCUT2D eigenvalue weighted by Gasteiger charge is 2.23. The summed E-state index contributed by atoms with van der Waals surface area (Å²) in [6.07, 6.45) is 3.69. The maximum Gasteiger partial charge on any atom is 0.325 e. The summed E-state index contributed by atoms with van der Waals surface area (Å²) in [5.41, 5.74) is 0.791. The maximum absolute atomic E-state index is 11.3. The van der Waals surface area contributed by atoms with Crippen LogP contribution in [0.5, 0.6) is 0 Å². The molecule has 0 aromatic heterocycles. The molecule has 0 bridgehead atoms. The first kappa shape index (κ1) is 13.8. The molecule has 1 atom stereocenters. The Labute approximate surface area is 106 Å². The van der Waals surface area contributed by atoms with Gasteiger partial charge < -0.3 is 5.11 Å². The standard InChI is InChI=1S/C13H17NO2S/c1-4-9-14(2)12(13(15)16)10-5-7-11(17-3)8-6-10/h4-8,12H,1,9H2,2-3H3,(H,15,16)/t12-/m1/s1. The van der Waals surface area contributed by atoms with Crippen molar-refractivity contribution >= 4 is 17.7 Å². The third-order valence-corrected chi connectivity index (χ3v) is 3.27. The Balaban J connectivity index is 2.96. The zero-order chi connectivity index (χ0) is 12.8. The van der Waals surface area contributed by atoms with E-state index in [0.717, 1.165) is 10.5 Å². The number of benzene rings is 1. The van der Waals surface area contributed by atoms with E-state index in [1.165, 1.54) is 0 Å². The molecule has 1 aromatic rings. The Hall–Kier alpha value is -1.26. The Bertz CT molecular complexity index is 389. The monoisotopic (exact) mass is 251 g/mol. The molecule has 4 heteroatoms. The number of carbonyl (C=O) groups is 1. The molecule has 0 unspecified atom stereocenters. The second-order valence-corrected chi connectivity index (χ2v) is 4.62. The van der Waals surface area contributed by atoms with Crippen molar-refractivity contribution in [2.45, 2.75) is 10.9 Å². The van der Waals surface area contributed by atoms with Crippen molar-refractivity contribution < 1.29 is 9.90 Å². The highest BCUT2D eigenvalue weighted by molar-refractivity contribution is 7.98. The van der Waals surface area contributed by atoms with E-state index in [1.807, 2.05) is 30.5 Å². The van der Waals surface area contributed by atoms with Gasteiger partial charge >= 0.3 is 5.97 Å². The van der Waals surface area contributed by atoms with E-state index in [0.29, 0.717) is 6.54 Å². The third kappa shape index (κ3) is 3.61. The molecule has 0 aliphatic carbocycles. The molecule has 0 amide bonds. The van der Waals surface area contributed by atoms with E-state index < -0.39 is 12.0 Å². The van der Waals surface area contributed by atoms with Crippen molar-refractivity contribution in [2.75, 3.05) is 19.8 Å². The van der Waals surface area contributed by atoms with Gasteiger partial charge in [-0.15, -0.1) is 18.3 Å². The number of thioether (sulfide) groups is 1. The molecule has 17 heavy (non-hydrogen) atoms. The van der Waals surface area contributed by atoms with Gasteiger partial charge in [-0.25, -0.2) is 0 Å². The topological polar surface area (TPSA) is 40.5 Å². The van der Waals surface area contributed by atoms with Gasteiger partial charge in [0, 0.05) is 11.4 Å². The van der Waals surface area contributed by atoms with Crippen LogP contribution in [0, 0.1) is 0 Å². The summed E-state index contributed by atoms with van der Waals surface area (Å²) in [4.78, 5) is 14.2. The fourth-order valence-corrected chi connectivity index (χ4v) is 2.09. The van der Waals surface area contributed by atoms with Crippen LogP contribution < -0.4 is 0 Å². The van der Waals surface area contributed by atoms with Gasteiger partial charge in [0.1, 0.15) is 6.04 Å². The fraction of sp³-hybridized carbons (Fsp3) is 0.308. The lowest BCUT2D eigenvalue weighted by Crippen LogP contribution is -2.30. The van der Waals surface area contributed by atoms with Gasteiger partial charge in [0.15, 0.2) is 0 Å². The minimum atomic E-state index is -0.841. The predicted octanol–water partition coefficient (Wildman–Crippen LogP) is 2.65. The minimum absolute atomic E-state index is 0.543. The molecule has 0 saturated heterocycles. The van der Waals surface area contributed by atoms with Crippen LogP contribution in [-0.2, 0) is 4.79 Å². The summed E-state index contributed by atoms with van der Waals surface area (Å²) >= 11 is 1.64.